The fraction of sp³-hybridized carbons (Fsp3) is 0.423. The van der Waals surface area contributed by atoms with Crippen LogP contribution in [0.5, 0.6) is 0 Å². The summed E-state index contributed by atoms with van der Waals surface area (Å²) in [7, 11) is 0. The maximum atomic E-state index is 13.7. The third-order valence-corrected chi connectivity index (χ3v) is 7.06. The van der Waals surface area contributed by atoms with Gasteiger partial charge in [0.15, 0.2) is 5.84 Å². The van der Waals surface area contributed by atoms with Crippen molar-refractivity contribution in [3.05, 3.63) is 71.0 Å². The normalized spacial score (nSPS) is 24.6. The van der Waals surface area contributed by atoms with Crippen LogP contribution in [-0.4, -0.2) is 71.3 Å². The first-order valence-electron chi connectivity index (χ1n) is 11.9. The van der Waals surface area contributed by atoms with Crippen molar-refractivity contribution >= 4 is 17.6 Å². The molecule has 0 radical (unpaired) electrons. The van der Waals surface area contributed by atoms with Crippen LogP contribution >= 0.6 is 0 Å². The van der Waals surface area contributed by atoms with Crippen LogP contribution in [0.25, 0.3) is 0 Å². The summed E-state index contributed by atoms with van der Waals surface area (Å²) in [5, 5.41) is 9.88. The lowest BCUT2D eigenvalue weighted by atomic mass is 9.82. The molecule has 3 aliphatic heterocycles. The van der Waals surface area contributed by atoms with Gasteiger partial charge in [0.2, 0.25) is 0 Å². The first-order chi connectivity index (χ1) is 17.2. The van der Waals surface area contributed by atoms with Crippen molar-refractivity contribution in [1.29, 1.82) is 0 Å². The third kappa shape index (κ3) is 5.13. The van der Waals surface area contributed by atoms with E-state index in [1.165, 1.54) is 24.3 Å². The van der Waals surface area contributed by atoms with Crippen molar-refractivity contribution in [2.75, 3.05) is 32.7 Å². The van der Waals surface area contributed by atoms with Crippen LogP contribution in [0.3, 0.4) is 0 Å². The van der Waals surface area contributed by atoms with Gasteiger partial charge >= 0.3 is 12.2 Å². The summed E-state index contributed by atoms with van der Waals surface area (Å²) in [6.07, 6.45) is -3.86. The van der Waals surface area contributed by atoms with Gasteiger partial charge in [-0.3, -0.25) is 4.99 Å². The Hall–Kier alpha value is -3.27. The summed E-state index contributed by atoms with van der Waals surface area (Å²) >= 11 is 0. The van der Waals surface area contributed by atoms with E-state index in [1.54, 1.807) is 21.9 Å². The zero-order chi connectivity index (χ0) is 25.4. The summed E-state index contributed by atoms with van der Waals surface area (Å²) in [5.41, 5.74) is 1.34. The molecule has 2 fully saturated rings. The highest BCUT2D eigenvalue weighted by molar-refractivity contribution is 6.12. The summed E-state index contributed by atoms with van der Waals surface area (Å²) < 4.78 is 52.9. The Labute approximate surface area is 206 Å². The number of amides is 2. The molecule has 2 aromatic rings. The SMILES string of the molecule is O=C(N1CCC(O)C1)N1CC(C2=NC(c3cccc(F)c3)=NC2)CC(c2ccc(C(F)(F)F)cc2)C1. The number of carbonyl (C=O) groups excluding carboxylic acids is 1. The van der Waals surface area contributed by atoms with E-state index in [4.69, 9.17) is 0 Å². The quantitative estimate of drug-likeness (QED) is 0.635. The van der Waals surface area contributed by atoms with E-state index >= 15 is 0 Å². The molecule has 0 aromatic heterocycles. The highest BCUT2D eigenvalue weighted by Gasteiger charge is 2.38. The van der Waals surface area contributed by atoms with Crippen LogP contribution in [0, 0.1) is 11.7 Å². The number of carbonyl (C=O) groups is 1. The van der Waals surface area contributed by atoms with Crippen molar-refractivity contribution in [3.63, 3.8) is 0 Å². The van der Waals surface area contributed by atoms with Crippen LogP contribution in [0.2, 0.25) is 0 Å². The minimum absolute atomic E-state index is 0.155. The summed E-state index contributed by atoms with van der Waals surface area (Å²) in [6, 6.07) is 10.9. The van der Waals surface area contributed by atoms with Crippen LogP contribution in [0.1, 0.15) is 35.4 Å². The number of aliphatic imine (C=N–C) groups is 2. The van der Waals surface area contributed by atoms with Crippen LogP contribution in [0.4, 0.5) is 22.4 Å². The van der Waals surface area contributed by atoms with Gasteiger partial charge in [0.1, 0.15) is 5.82 Å². The Morgan fingerprint density at radius 2 is 1.75 bits per heavy atom. The molecule has 2 aromatic carbocycles. The topological polar surface area (TPSA) is 68.5 Å². The second-order valence-electron chi connectivity index (χ2n) is 9.58. The summed E-state index contributed by atoms with van der Waals surface area (Å²) in [6.45, 7) is 1.80. The van der Waals surface area contributed by atoms with Gasteiger partial charge in [-0.25, -0.2) is 14.2 Å². The number of piperidine rings is 1. The highest BCUT2D eigenvalue weighted by Crippen LogP contribution is 2.35. The van der Waals surface area contributed by atoms with Crippen molar-refractivity contribution < 1.29 is 27.5 Å². The average molecular weight is 503 g/mol. The molecule has 6 nitrogen and oxygen atoms in total. The number of urea groups is 1. The van der Waals surface area contributed by atoms with Crippen LogP contribution in [-0.2, 0) is 6.18 Å². The van der Waals surface area contributed by atoms with Crippen molar-refractivity contribution in [1.82, 2.24) is 9.80 Å². The smallest absolute Gasteiger partial charge is 0.391 e. The fourth-order valence-electron chi connectivity index (χ4n) is 5.16. The van der Waals surface area contributed by atoms with Gasteiger partial charge in [0.05, 0.1) is 18.2 Å². The van der Waals surface area contributed by atoms with E-state index in [0.717, 1.165) is 23.4 Å². The predicted molar refractivity (Wildman–Crippen MR) is 127 cm³/mol. The predicted octanol–water partition coefficient (Wildman–Crippen LogP) is 4.34. The van der Waals surface area contributed by atoms with E-state index in [2.05, 4.69) is 9.98 Å². The highest BCUT2D eigenvalue weighted by atomic mass is 19.4. The number of hydrogen-bond acceptors (Lipinski definition) is 4. The minimum atomic E-state index is -4.42. The lowest BCUT2D eigenvalue weighted by Gasteiger charge is -2.39. The molecule has 3 aliphatic rings. The number of hydrogen-bond donors (Lipinski definition) is 1. The van der Waals surface area contributed by atoms with Gasteiger partial charge in [-0.2, -0.15) is 13.2 Å². The number of likely N-dealkylation sites (tertiary alicyclic amines) is 2. The molecule has 1 N–H and O–H groups in total. The van der Waals surface area contributed by atoms with Gasteiger partial charge in [0, 0.05) is 49.3 Å². The van der Waals surface area contributed by atoms with Crippen LogP contribution in [0.15, 0.2) is 58.5 Å². The number of rotatable bonds is 3. The Balaban J connectivity index is 1.40. The average Bonchev–Trinajstić information content (AvgIpc) is 3.53. The number of amidine groups is 1. The minimum Gasteiger partial charge on any atom is -0.391 e. The second kappa shape index (κ2) is 9.65. The third-order valence-electron chi connectivity index (χ3n) is 7.06. The molecule has 3 heterocycles. The largest absolute Gasteiger partial charge is 0.416 e. The molecule has 10 heteroatoms. The first-order valence-corrected chi connectivity index (χ1v) is 11.9. The van der Waals surface area contributed by atoms with Gasteiger partial charge in [-0.1, -0.05) is 24.3 Å². The molecule has 0 aliphatic carbocycles. The lowest BCUT2D eigenvalue weighted by molar-refractivity contribution is -0.137. The van der Waals surface area contributed by atoms with Crippen molar-refractivity contribution in [2.45, 2.75) is 31.0 Å². The maximum absolute atomic E-state index is 13.7. The Bertz CT molecular complexity index is 1200. The van der Waals surface area contributed by atoms with Gasteiger partial charge in [-0.05, 0) is 42.7 Å². The standard InChI is InChI=1S/C26H26F4N4O2/c27-21-3-1-2-17(11-21)24-31-12-23(32-24)19-10-18(16-4-6-20(7-5-16)26(28,29)30)13-34(14-19)25(36)33-9-8-22(35)15-33/h1-7,11,18-19,22,35H,8-10,12-15H2. The monoisotopic (exact) mass is 502 g/mol. The lowest BCUT2D eigenvalue weighted by Crippen LogP contribution is -2.50. The Morgan fingerprint density at radius 1 is 1.00 bits per heavy atom. The molecule has 5 rings (SSSR count). The molecule has 0 bridgehead atoms. The number of aliphatic hydroxyl groups excluding tert-OH is 1. The van der Waals surface area contributed by atoms with Gasteiger partial charge < -0.3 is 14.9 Å². The van der Waals surface area contributed by atoms with Crippen molar-refractivity contribution in [2.24, 2.45) is 15.9 Å². The van der Waals surface area contributed by atoms with E-state index in [0.29, 0.717) is 50.4 Å². The number of aliphatic hydroxyl groups is 1. The molecular formula is C26H26F4N4O2. The van der Waals surface area contributed by atoms with Gasteiger partial charge in [-0.15, -0.1) is 0 Å². The number of benzene rings is 2. The molecule has 190 valence electrons. The molecule has 0 saturated carbocycles. The number of nitrogens with zero attached hydrogens (tertiary/aromatic N) is 4. The summed E-state index contributed by atoms with van der Waals surface area (Å²) in [4.78, 5) is 25.7. The zero-order valence-corrected chi connectivity index (χ0v) is 19.5. The Morgan fingerprint density at radius 3 is 2.42 bits per heavy atom. The van der Waals surface area contributed by atoms with E-state index in [-0.39, 0.29) is 30.2 Å². The van der Waals surface area contributed by atoms with E-state index in [9.17, 15) is 27.5 Å². The molecule has 3 atom stereocenters. The van der Waals surface area contributed by atoms with E-state index in [1.807, 2.05) is 0 Å². The Kier molecular flexibility index (Phi) is 6.55. The first kappa shape index (κ1) is 24.4. The zero-order valence-electron chi connectivity index (χ0n) is 19.5. The molecule has 0 spiro atoms. The molecule has 2 saturated heterocycles. The number of alkyl halides is 3. The molecular weight excluding hydrogens is 476 g/mol. The van der Waals surface area contributed by atoms with Crippen molar-refractivity contribution in [3.8, 4) is 0 Å². The maximum Gasteiger partial charge on any atom is 0.416 e. The second-order valence-corrected chi connectivity index (χ2v) is 9.58. The molecule has 36 heavy (non-hydrogen) atoms. The fourth-order valence-corrected chi connectivity index (χ4v) is 5.16. The van der Waals surface area contributed by atoms with Gasteiger partial charge in [0.25, 0.3) is 0 Å². The van der Waals surface area contributed by atoms with Crippen LogP contribution < -0.4 is 0 Å². The summed E-state index contributed by atoms with van der Waals surface area (Å²) in [5.74, 6) is -0.300. The molecule has 3 unspecified atom stereocenters. The number of β-amino-alcohol motifs (C(OH)–C–C–N with tert-alkyl or cyclic N) is 1. The molecule has 2 amide bonds. The number of halogens is 4. The van der Waals surface area contributed by atoms with E-state index < -0.39 is 17.8 Å².